The predicted molar refractivity (Wildman–Crippen MR) is 69.2 cm³/mol. The summed E-state index contributed by atoms with van der Waals surface area (Å²) in [5.41, 5.74) is 1.35. The van der Waals surface area contributed by atoms with Gasteiger partial charge in [-0.05, 0) is 49.7 Å². The number of amides is 1. The first kappa shape index (κ1) is 11.2. The number of hydrogen-bond acceptors (Lipinski definition) is 3. The second kappa shape index (κ2) is 4.42. The van der Waals surface area contributed by atoms with E-state index < -0.39 is 0 Å². The number of carbonyl (C=O) groups excluding carboxylic acids is 1. The molecule has 1 saturated heterocycles. The van der Waals surface area contributed by atoms with E-state index in [1.807, 2.05) is 11.3 Å². The maximum Gasteiger partial charge on any atom is 0.240 e. The Kier molecular flexibility index (Phi) is 2.92. The van der Waals surface area contributed by atoms with Gasteiger partial charge >= 0.3 is 0 Å². The van der Waals surface area contributed by atoms with Gasteiger partial charge in [0.1, 0.15) is 0 Å². The summed E-state index contributed by atoms with van der Waals surface area (Å²) in [6.07, 6.45) is 3.15. The van der Waals surface area contributed by atoms with Crippen LogP contribution in [0.2, 0.25) is 0 Å². The Bertz CT molecular complexity index is 423. The van der Waals surface area contributed by atoms with Gasteiger partial charge in [0.15, 0.2) is 0 Å². The summed E-state index contributed by atoms with van der Waals surface area (Å²) in [7, 11) is 0. The molecule has 1 unspecified atom stereocenters. The quantitative estimate of drug-likeness (QED) is 0.826. The zero-order chi connectivity index (χ0) is 11.8. The van der Waals surface area contributed by atoms with Gasteiger partial charge in [0.2, 0.25) is 5.91 Å². The average molecular weight is 250 g/mol. The Labute approximate surface area is 106 Å². The number of hydrogen-bond donors (Lipinski definition) is 1. The van der Waals surface area contributed by atoms with Crippen LogP contribution in [0.3, 0.4) is 0 Å². The number of thiophene rings is 1. The number of nitrogens with zero attached hydrogens (tertiary/aromatic N) is 1. The van der Waals surface area contributed by atoms with Crippen LogP contribution >= 0.6 is 11.3 Å². The molecule has 3 heterocycles. The summed E-state index contributed by atoms with van der Waals surface area (Å²) < 4.78 is 0. The van der Waals surface area contributed by atoms with Crippen LogP contribution in [0, 0.1) is 0 Å². The summed E-state index contributed by atoms with van der Waals surface area (Å²) in [6.45, 7) is 4.02. The molecule has 1 aromatic rings. The van der Waals surface area contributed by atoms with E-state index in [1.54, 1.807) is 0 Å². The second-order valence-corrected chi connectivity index (χ2v) is 5.91. The molecule has 1 aromatic heterocycles. The fraction of sp³-hybridized carbons (Fsp3) is 0.615. The fourth-order valence-electron chi connectivity index (χ4n) is 2.91. The van der Waals surface area contributed by atoms with E-state index in [4.69, 9.17) is 0 Å². The molecular weight excluding hydrogens is 232 g/mol. The predicted octanol–water partition coefficient (Wildman–Crippen LogP) is 1.95. The lowest BCUT2D eigenvalue weighted by Gasteiger charge is -2.35. The molecule has 0 aromatic carbocycles. The molecule has 2 atom stereocenters. The molecule has 2 aliphatic rings. The van der Waals surface area contributed by atoms with Crippen LogP contribution in [-0.2, 0) is 11.2 Å². The Morgan fingerprint density at radius 2 is 2.47 bits per heavy atom. The van der Waals surface area contributed by atoms with Crippen molar-refractivity contribution < 1.29 is 4.79 Å². The van der Waals surface area contributed by atoms with Crippen molar-refractivity contribution in [3.8, 4) is 0 Å². The van der Waals surface area contributed by atoms with Gasteiger partial charge in [-0.15, -0.1) is 11.3 Å². The minimum Gasteiger partial charge on any atom is -0.334 e. The molecule has 3 nitrogen and oxygen atoms in total. The van der Waals surface area contributed by atoms with Crippen LogP contribution in [-0.4, -0.2) is 29.9 Å². The Morgan fingerprint density at radius 1 is 1.59 bits per heavy atom. The lowest BCUT2D eigenvalue weighted by Crippen LogP contribution is -2.47. The van der Waals surface area contributed by atoms with E-state index in [0.29, 0.717) is 5.91 Å². The third-order valence-corrected chi connectivity index (χ3v) is 4.92. The molecule has 4 heteroatoms. The number of fused-ring (bicyclic) bond motifs is 1. The molecule has 1 N–H and O–H groups in total. The minimum absolute atomic E-state index is 0.0673. The lowest BCUT2D eigenvalue weighted by atomic mass is 10.0. The molecule has 0 spiro atoms. The third-order valence-electron chi connectivity index (χ3n) is 3.92. The van der Waals surface area contributed by atoms with Crippen molar-refractivity contribution in [3.63, 3.8) is 0 Å². The summed E-state index contributed by atoms with van der Waals surface area (Å²) in [6, 6.07) is 2.49. The van der Waals surface area contributed by atoms with E-state index >= 15 is 0 Å². The SMILES string of the molecule is CC1c2ccsc2CCN1C(=O)[C@H]1CCCN1. The van der Waals surface area contributed by atoms with Gasteiger partial charge in [-0.25, -0.2) is 0 Å². The molecule has 17 heavy (non-hydrogen) atoms. The largest absolute Gasteiger partial charge is 0.334 e. The van der Waals surface area contributed by atoms with Crippen molar-refractivity contribution in [1.29, 1.82) is 0 Å². The van der Waals surface area contributed by atoms with E-state index in [1.165, 1.54) is 10.4 Å². The maximum atomic E-state index is 12.4. The summed E-state index contributed by atoms with van der Waals surface area (Å²) >= 11 is 1.82. The van der Waals surface area contributed by atoms with Crippen molar-refractivity contribution in [2.75, 3.05) is 13.1 Å². The van der Waals surface area contributed by atoms with Crippen molar-refractivity contribution in [3.05, 3.63) is 21.9 Å². The van der Waals surface area contributed by atoms with E-state index in [2.05, 4.69) is 28.6 Å². The topological polar surface area (TPSA) is 32.3 Å². The summed E-state index contributed by atoms with van der Waals surface area (Å²) in [5.74, 6) is 0.298. The van der Waals surface area contributed by atoms with Crippen LogP contribution in [0.4, 0.5) is 0 Å². The molecule has 0 aliphatic carbocycles. The van der Waals surface area contributed by atoms with Crippen LogP contribution in [0.1, 0.15) is 36.2 Å². The van der Waals surface area contributed by atoms with Crippen molar-refractivity contribution >= 4 is 17.2 Å². The molecule has 1 fully saturated rings. The highest BCUT2D eigenvalue weighted by Gasteiger charge is 2.33. The van der Waals surface area contributed by atoms with Crippen LogP contribution in [0.5, 0.6) is 0 Å². The maximum absolute atomic E-state index is 12.4. The molecule has 3 rings (SSSR count). The highest BCUT2D eigenvalue weighted by molar-refractivity contribution is 7.10. The smallest absolute Gasteiger partial charge is 0.240 e. The van der Waals surface area contributed by atoms with Crippen LogP contribution in [0.15, 0.2) is 11.4 Å². The molecular formula is C13H18N2OS. The number of nitrogens with one attached hydrogen (secondary N) is 1. The number of rotatable bonds is 1. The Balaban J connectivity index is 1.79. The van der Waals surface area contributed by atoms with Gasteiger partial charge in [-0.3, -0.25) is 4.79 Å². The van der Waals surface area contributed by atoms with E-state index in [-0.39, 0.29) is 12.1 Å². The van der Waals surface area contributed by atoms with Crippen molar-refractivity contribution in [2.24, 2.45) is 0 Å². The van der Waals surface area contributed by atoms with Gasteiger partial charge in [-0.1, -0.05) is 0 Å². The first-order valence-corrected chi connectivity index (χ1v) is 7.25. The molecule has 1 amide bonds. The van der Waals surface area contributed by atoms with Crippen molar-refractivity contribution in [1.82, 2.24) is 10.2 Å². The second-order valence-electron chi connectivity index (χ2n) is 4.91. The molecule has 0 saturated carbocycles. The standard InChI is InChI=1S/C13H18N2OS/c1-9-10-5-8-17-12(10)4-7-15(9)13(16)11-3-2-6-14-11/h5,8-9,11,14H,2-4,6-7H2,1H3/t9?,11-/m1/s1. The van der Waals surface area contributed by atoms with E-state index in [0.717, 1.165) is 32.4 Å². The fourth-order valence-corrected chi connectivity index (χ4v) is 3.87. The first-order valence-electron chi connectivity index (χ1n) is 6.37. The van der Waals surface area contributed by atoms with Crippen LogP contribution < -0.4 is 5.32 Å². The van der Waals surface area contributed by atoms with Gasteiger partial charge in [0, 0.05) is 11.4 Å². The van der Waals surface area contributed by atoms with Crippen molar-refractivity contribution in [2.45, 2.75) is 38.3 Å². The molecule has 0 bridgehead atoms. The van der Waals surface area contributed by atoms with Gasteiger partial charge in [0.05, 0.1) is 12.1 Å². The first-order chi connectivity index (χ1) is 8.27. The summed E-state index contributed by atoms with van der Waals surface area (Å²) in [5, 5.41) is 5.45. The summed E-state index contributed by atoms with van der Waals surface area (Å²) in [4.78, 5) is 15.9. The zero-order valence-electron chi connectivity index (χ0n) is 10.1. The minimum atomic E-state index is 0.0673. The lowest BCUT2D eigenvalue weighted by molar-refractivity contribution is -0.135. The monoisotopic (exact) mass is 250 g/mol. The van der Waals surface area contributed by atoms with Gasteiger partial charge < -0.3 is 10.2 Å². The Morgan fingerprint density at radius 3 is 3.24 bits per heavy atom. The van der Waals surface area contributed by atoms with Gasteiger partial charge in [-0.2, -0.15) is 0 Å². The normalized spacial score (nSPS) is 28.2. The van der Waals surface area contributed by atoms with Gasteiger partial charge in [0.25, 0.3) is 0 Å². The van der Waals surface area contributed by atoms with E-state index in [9.17, 15) is 4.79 Å². The highest BCUT2D eigenvalue weighted by Crippen LogP contribution is 2.33. The highest BCUT2D eigenvalue weighted by atomic mass is 32.1. The zero-order valence-corrected chi connectivity index (χ0v) is 10.9. The number of carbonyl (C=O) groups is 1. The molecule has 0 radical (unpaired) electrons. The third kappa shape index (κ3) is 1.89. The molecule has 2 aliphatic heterocycles. The van der Waals surface area contributed by atoms with Crippen LogP contribution in [0.25, 0.3) is 0 Å². The average Bonchev–Trinajstić information content (AvgIpc) is 3.00. The Hall–Kier alpha value is -0.870. The molecule has 92 valence electrons.